The van der Waals surface area contributed by atoms with E-state index in [4.69, 9.17) is 5.11 Å². The third kappa shape index (κ3) is 4.26. The number of aliphatic hydroxyl groups is 1. The normalized spacial score (nSPS) is 15.9. The molecule has 0 rings (SSSR count). The van der Waals surface area contributed by atoms with E-state index in [1.807, 2.05) is 0 Å². The Kier molecular flexibility index (Phi) is 5.15. The Hall–Kier alpha value is -0.990. The number of hydrogen-bond donors (Lipinski definition) is 1. The van der Waals surface area contributed by atoms with Gasteiger partial charge in [-0.25, -0.2) is 0 Å². The smallest absolute Gasteiger partial charge is 0.426 e. The van der Waals surface area contributed by atoms with Crippen molar-refractivity contribution in [2.45, 2.75) is 58.2 Å². The lowest BCUT2D eigenvalue weighted by Gasteiger charge is -2.34. The summed E-state index contributed by atoms with van der Waals surface area (Å²) in [6, 6.07) is 0. The van der Waals surface area contributed by atoms with Gasteiger partial charge < -0.3 is 9.84 Å². The summed E-state index contributed by atoms with van der Waals surface area (Å²) in [5.41, 5.74) is -6.00. The van der Waals surface area contributed by atoms with E-state index in [2.05, 4.69) is 4.74 Å². The molecule has 0 aromatic carbocycles. The van der Waals surface area contributed by atoms with Gasteiger partial charge in [0.2, 0.25) is 0 Å². The maximum atomic E-state index is 12.4. The molecule has 0 amide bonds. The first-order chi connectivity index (χ1) is 8.52. The van der Waals surface area contributed by atoms with Gasteiger partial charge in [0, 0.05) is 6.42 Å². The van der Waals surface area contributed by atoms with Gasteiger partial charge in [-0.05, 0) is 27.7 Å². The highest BCUT2D eigenvalue weighted by Crippen LogP contribution is 2.46. The molecule has 0 spiro atoms. The van der Waals surface area contributed by atoms with E-state index in [0.717, 1.165) is 6.92 Å². The van der Waals surface area contributed by atoms with E-state index in [1.54, 1.807) is 0 Å². The fraction of sp³-hybridized carbons (Fsp3) is 0.909. The highest BCUT2D eigenvalue weighted by Gasteiger charge is 2.70. The molecule has 0 heterocycles. The van der Waals surface area contributed by atoms with Gasteiger partial charge in [0.1, 0.15) is 6.10 Å². The van der Waals surface area contributed by atoms with E-state index in [1.165, 1.54) is 20.8 Å². The molecule has 9 heteroatoms. The van der Waals surface area contributed by atoms with E-state index in [-0.39, 0.29) is 0 Å². The molecule has 0 saturated heterocycles. The van der Waals surface area contributed by atoms with Crippen molar-refractivity contribution in [2.75, 3.05) is 0 Å². The van der Waals surface area contributed by atoms with Crippen LogP contribution in [-0.2, 0) is 9.53 Å². The van der Waals surface area contributed by atoms with Crippen LogP contribution >= 0.6 is 0 Å². The molecule has 120 valence electrons. The fourth-order valence-electron chi connectivity index (χ4n) is 1.21. The third-order valence-corrected chi connectivity index (χ3v) is 2.44. The van der Waals surface area contributed by atoms with Crippen LogP contribution in [0.15, 0.2) is 0 Å². The first-order valence-corrected chi connectivity index (χ1v) is 5.59. The van der Waals surface area contributed by atoms with Gasteiger partial charge in [0.15, 0.2) is 0 Å². The summed E-state index contributed by atoms with van der Waals surface area (Å²) in [6.07, 6.45) is -15.4. The maximum absolute atomic E-state index is 12.4. The van der Waals surface area contributed by atoms with Gasteiger partial charge in [0.25, 0.3) is 5.60 Å². The second-order valence-electron chi connectivity index (χ2n) is 5.53. The van der Waals surface area contributed by atoms with Crippen LogP contribution in [0.3, 0.4) is 0 Å². The molecule has 20 heavy (non-hydrogen) atoms. The number of halogens is 6. The van der Waals surface area contributed by atoms with Crippen LogP contribution in [0.2, 0.25) is 0 Å². The summed E-state index contributed by atoms with van der Waals surface area (Å²) >= 11 is 0. The Bertz CT molecular complexity index is 339. The summed E-state index contributed by atoms with van der Waals surface area (Å²) in [5, 5.41) is 8.93. The SMILES string of the molecule is CC(CC(O)(C(F)(F)F)C(F)(F)F)OC(=O)C(C)(C)C. The summed E-state index contributed by atoms with van der Waals surface area (Å²) in [6.45, 7) is 5.03. The zero-order chi connectivity index (χ0) is 16.6. The zero-order valence-corrected chi connectivity index (χ0v) is 11.3. The van der Waals surface area contributed by atoms with Gasteiger partial charge in [0.05, 0.1) is 5.41 Å². The van der Waals surface area contributed by atoms with Crippen molar-refractivity contribution in [3.63, 3.8) is 0 Å². The van der Waals surface area contributed by atoms with Crippen molar-refractivity contribution in [3.8, 4) is 0 Å². The quantitative estimate of drug-likeness (QED) is 0.643. The van der Waals surface area contributed by atoms with Gasteiger partial charge in [-0.1, -0.05) is 0 Å². The molecule has 0 saturated carbocycles. The lowest BCUT2D eigenvalue weighted by molar-refractivity contribution is -0.373. The van der Waals surface area contributed by atoms with E-state index in [0.29, 0.717) is 0 Å². The number of ether oxygens (including phenoxy) is 1. The Balaban J connectivity index is 5.10. The Labute approximate surface area is 111 Å². The monoisotopic (exact) mass is 310 g/mol. The molecule has 0 fully saturated rings. The number of carbonyl (C=O) groups is 1. The van der Waals surface area contributed by atoms with Crippen molar-refractivity contribution in [2.24, 2.45) is 5.41 Å². The highest BCUT2D eigenvalue weighted by atomic mass is 19.4. The number of rotatable bonds is 3. The zero-order valence-electron chi connectivity index (χ0n) is 11.3. The predicted octanol–water partition coefficient (Wildman–Crippen LogP) is 3.21. The first-order valence-electron chi connectivity index (χ1n) is 5.59. The van der Waals surface area contributed by atoms with Crippen molar-refractivity contribution >= 4 is 5.97 Å². The molecule has 0 aromatic rings. The molecule has 0 aliphatic rings. The molecule has 3 nitrogen and oxygen atoms in total. The van der Waals surface area contributed by atoms with E-state index < -0.39 is 41.9 Å². The lowest BCUT2D eigenvalue weighted by atomic mass is 9.94. The molecule has 0 bridgehead atoms. The van der Waals surface area contributed by atoms with Crippen LogP contribution in [0.25, 0.3) is 0 Å². The topological polar surface area (TPSA) is 46.5 Å². The summed E-state index contributed by atoms with van der Waals surface area (Å²) in [5.74, 6) is -0.961. The van der Waals surface area contributed by atoms with Gasteiger partial charge in [-0.3, -0.25) is 4.79 Å². The summed E-state index contributed by atoms with van der Waals surface area (Å²) < 4.78 is 79.0. The minimum atomic E-state index is -5.92. The number of hydrogen-bond acceptors (Lipinski definition) is 3. The van der Waals surface area contributed by atoms with Crippen molar-refractivity contribution in [3.05, 3.63) is 0 Å². The van der Waals surface area contributed by atoms with Gasteiger partial charge >= 0.3 is 18.3 Å². The second-order valence-corrected chi connectivity index (χ2v) is 5.53. The molecule has 1 N–H and O–H groups in total. The van der Waals surface area contributed by atoms with Crippen LogP contribution < -0.4 is 0 Å². The predicted molar refractivity (Wildman–Crippen MR) is 56.7 cm³/mol. The average Bonchev–Trinajstić information content (AvgIpc) is 2.11. The molecule has 0 aromatic heterocycles. The van der Waals surface area contributed by atoms with E-state index >= 15 is 0 Å². The standard InChI is InChI=1S/C11H16F6O3/c1-6(20-7(18)8(2,3)4)5-9(19,10(12,13)14)11(15,16)17/h6,19H,5H2,1-4H3. The van der Waals surface area contributed by atoms with E-state index in [9.17, 15) is 31.1 Å². The molecular formula is C11H16F6O3. The van der Waals surface area contributed by atoms with Crippen molar-refractivity contribution < 1.29 is 41.0 Å². The third-order valence-electron chi connectivity index (χ3n) is 2.44. The molecule has 0 aliphatic heterocycles. The van der Waals surface area contributed by atoms with Crippen LogP contribution in [0, 0.1) is 5.41 Å². The highest BCUT2D eigenvalue weighted by molar-refractivity contribution is 5.75. The average molecular weight is 310 g/mol. The number of alkyl halides is 6. The molecule has 1 unspecified atom stereocenters. The maximum Gasteiger partial charge on any atom is 0.426 e. The molecular weight excluding hydrogens is 294 g/mol. The molecule has 0 radical (unpaired) electrons. The number of carbonyl (C=O) groups excluding carboxylic acids is 1. The molecule has 0 aliphatic carbocycles. The lowest BCUT2D eigenvalue weighted by Crippen LogP contribution is -2.58. The minimum absolute atomic E-state index is 0.853. The minimum Gasteiger partial charge on any atom is -0.462 e. The Morgan fingerprint density at radius 1 is 1.05 bits per heavy atom. The largest absolute Gasteiger partial charge is 0.462 e. The van der Waals surface area contributed by atoms with Crippen molar-refractivity contribution in [1.29, 1.82) is 0 Å². The van der Waals surface area contributed by atoms with Crippen LogP contribution in [-0.4, -0.2) is 35.1 Å². The first kappa shape index (κ1) is 19.0. The summed E-state index contributed by atoms with van der Waals surface area (Å²) in [7, 11) is 0. The fourth-order valence-corrected chi connectivity index (χ4v) is 1.21. The van der Waals surface area contributed by atoms with Gasteiger partial charge in [-0.2, -0.15) is 26.3 Å². The van der Waals surface area contributed by atoms with Crippen LogP contribution in [0.4, 0.5) is 26.3 Å². The molecule has 1 atom stereocenters. The van der Waals surface area contributed by atoms with Crippen LogP contribution in [0.5, 0.6) is 0 Å². The Morgan fingerprint density at radius 3 is 1.65 bits per heavy atom. The van der Waals surface area contributed by atoms with Crippen molar-refractivity contribution in [1.82, 2.24) is 0 Å². The van der Waals surface area contributed by atoms with Gasteiger partial charge in [-0.15, -0.1) is 0 Å². The number of esters is 1. The Morgan fingerprint density at radius 2 is 1.40 bits per heavy atom. The van der Waals surface area contributed by atoms with Crippen LogP contribution in [0.1, 0.15) is 34.1 Å². The summed E-state index contributed by atoms with van der Waals surface area (Å²) in [4.78, 5) is 11.4. The second kappa shape index (κ2) is 5.42.